The van der Waals surface area contributed by atoms with Crippen LogP contribution in [0, 0.1) is 22.7 Å². The fourth-order valence-corrected chi connectivity index (χ4v) is 3.45. The van der Waals surface area contributed by atoms with Crippen molar-refractivity contribution in [1.29, 1.82) is 0 Å². The molecule has 2 nitrogen and oxygen atoms in total. The van der Waals surface area contributed by atoms with Crippen LogP contribution in [0.5, 0.6) is 0 Å². The van der Waals surface area contributed by atoms with E-state index in [0.29, 0.717) is 11.6 Å². The third-order valence-corrected chi connectivity index (χ3v) is 4.16. The van der Waals surface area contributed by atoms with Gasteiger partial charge in [0.25, 0.3) is 0 Å². The molecule has 0 spiro atoms. The van der Waals surface area contributed by atoms with E-state index in [1.165, 1.54) is 0 Å². The SMILES string of the molecule is CC1(C)C[C@@H]2C[C@H](CC(C)(C)C2=O)C1=O. The van der Waals surface area contributed by atoms with Gasteiger partial charge in [-0.3, -0.25) is 9.59 Å². The zero-order valence-electron chi connectivity index (χ0n) is 10.1. The number of carbonyl (C=O) groups is 2. The van der Waals surface area contributed by atoms with Gasteiger partial charge in [-0.2, -0.15) is 0 Å². The summed E-state index contributed by atoms with van der Waals surface area (Å²) in [6.45, 7) is 7.94. The van der Waals surface area contributed by atoms with Crippen LogP contribution >= 0.6 is 0 Å². The van der Waals surface area contributed by atoms with Crippen molar-refractivity contribution in [2.45, 2.75) is 47.0 Å². The summed E-state index contributed by atoms with van der Waals surface area (Å²) < 4.78 is 0. The molecule has 0 aliphatic heterocycles. The molecule has 2 bridgehead atoms. The summed E-state index contributed by atoms with van der Waals surface area (Å²) in [5.41, 5.74) is -0.556. The van der Waals surface area contributed by atoms with E-state index in [0.717, 1.165) is 19.3 Å². The van der Waals surface area contributed by atoms with Crippen LogP contribution in [0.4, 0.5) is 0 Å². The third-order valence-electron chi connectivity index (χ3n) is 4.16. The lowest BCUT2D eigenvalue weighted by Gasteiger charge is -2.46. The molecule has 0 radical (unpaired) electrons. The fourth-order valence-electron chi connectivity index (χ4n) is 3.45. The summed E-state index contributed by atoms with van der Waals surface area (Å²) in [7, 11) is 0. The Morgan fingerprint density at radius 2 is 1.20 bits per heavy atom. The molecule has 2 fully saturated rings. The van der Waals surface area contributed by atoms with Gasteiger partial charge >= 0.3 is 0 Å². The van der Waals surface area contributed by atoms with Crippen molar-refractivity contribution in [2.24, 2.45) is 22.7 Å². The second-order valence-electron chi connectivity index (χ2n) is 6.53. The average molecular weight is 208 g/mol. The van der Waals surface area contributed by atoms with Crippen molar-refractivity contribution in [1.82, 2.24) is 0 Å². The number of fused-ring (bicyclic) bond motifs is 2. The normalized spacial score (nSPS) is 37.9. The molecule has 2 heteroatoms. The van der Waals surface area contributed by atoms with Gasteiger partial charge in [-0.1, -0.05) is 27.7 Å². The van der Waals surface area contributed by atoms with Crippen LogP contribution in [0.2, 0.25) is 0 Å². The van der Waals surface area contributed by atoms with Gasteiger partial charge in [-0.15, -0.1) is 0 Å². The Morgan fingerprint density at radius 1 is 0.867 bits per heavy atom. The highest BCUT2D eigenvalue weighted by Crippen LogP contribution is 2.49. The van der Waals surface area contributed by atoms with E-state index in [4.69, 9.17) is 0 Å². The largest absolute Gasteiger partial charge is 0.299 e. The first-order valence-corrected chi connectivity index (χ1v) is 5.83. The molecule has 2 aliphatic carbocycles. The van der Waals surface area contributed by atoms with Crippen LogP contribution in [0.3, 0.4) is 0 Å². The summed E-state index contributed by atoms with van der Waals surface area (Å²) in [5.74, 6) is 1.01. The molecule has 0 unspecified atom stereocenters. The molecule has 15 heavy (non-hydrogen) atoms. The number of rotatable bonds is 0. The lowest BCUT2D eigenvalue weighted by atomic mass is 9.55. The van der Waals surface area contributed by atoms with E-state index >= 15 is 0 Å². The second kappa shape index (κ2) is 2.93. The van der Waals surface area contributed by atoms with Gasteiger partial charge in [-0.25, -0.2) is 0 Å². The van der Waals surface area contributed by atoms with Crippen molar-refractivity contribution in [3.8, 4) is 0 Å². The monoisotopic (exact) mass is 208 g/mol. The van der Waals surface area contributed by atoms with E-state index < -0.39 is 0 Å². The zero-order chi connectivity index (χ0) is 11.4. The zero-order valence-corrected chi connectivity index (χ0v) is 10.1. The summed E-state index contributed by atoms with van der Waals surface area (Å²) in [5, 5.41) is 0. The highest BCUT2D eigenvalue weighted by molar-refractivity contribution is 5.95. The topological polar surface area (TPSA) is 34.1 Å². The molecule has 0 aromatic carbocycles. The molecule has 0 amide bonds. The smallest absolute Gasteiger partial charge is 0.141 e. The lowest BCUT2D eigenvalue weighted by Crippen LogP contribution is -2.50. The molecule has 0 aromatic rings. The number of Topliss-reactive ketones (excluding diaryl/α,β-unsaturated/α-hetero) is 2. The molecule has 84 valence electrons. The van der Waals surface area contributed by atoms with E-state index in [-0.39, 0.29) is 22.7 Å². The maximum atomic E-state index is 12.1. The Hall–Kier alpha value is -0.660. The van der Waals surface area contributed by atoms with Gasteiger partial charge in [0, 0.05) is 22.7 Å². The van der Waals surface area contributed by atoms with Crippen LogP contribution in [-0.2, 0) is 9.59 Å². The van der Waals surface area contributed by atoms with Crippen LogP contribution in [0.15, 0.2) is 0 Å². The summed E-state index contributed by atoms with van der Waals surface area (Å²) in [4.78, 5) is 24.3. The highest BCUT2D eigenvalue weighted by atomic mass is 16.1. The standard InChI is InChI=1S/C13H20O2/c1-12(2)6-8-5-9(10(12)14)7-13(3,4)11(8)15/h8-9H,5-7H2,1-4H3/t8-,9+. The quantitative estimate of drug-likeness (QED) is 0.613. The Morgan fingerprint density at radius 3 is 1.53 bits per heavy atom. The fraction of sp³-hybridized carbons (Fsp3) is 0.846. The average Bonchev–Trinajstić information content (AvgIpc) is 2.09. The van der Waals surface area contributed by atoms with Crippen molar-refractivity contribution >= 4 is 11.6 Å². The maximum Gasteiger partial charge on any atom is 0.141 e. The van der Waals surface area contributed by atoms with Crippen molar-refractivity contribution in [3.05, 3.63) is 0 Å². The maximum absolute atomic E-state index is 12.1. The summed E-state index contributed by atoms with van der Waals surface area (Å²) in [6, 6.07) is 0. The van der Waals surface area contributed by atoms with E-state index in [1.807, 2.05) is 27.7 Å². The van der Waals surface area contributed by atoms with Gasteiger partial charge in [0.15, 0.2) is 0 Å². The molecule has 0 N–H and O–H groups in total. The number of hydrogen-bond donors (Lipinski definition) is 0. The predicted octanol–water partition coefficient (Wildman–Crippen LogP) is 2.61. The Bertz CT molecular complexity index is 293. The Kier molecular flexibility index (Phi) is 2.12. The van der Waals surface area contributed by atoms with E-state index in [2.05, 4.69) is 0 Å². The van der Waals surface area contributed by atoms with E-state index in [9.17, 15) is 9.59 Å². The number of ketones is 2. The van der Waals surface area contributed by atoms with Crippen molar-refractivity contribution < 1.29 is 9.59 Å². The minimum atomic E-state index is -0.278. The van der Waals surface area contributed by atoms with Crippen LogP contribution in [0.25, 0.3) is 0 Å². The molecule has 0 saturated heterocycles. The molecular formula is C13H20O2. The minimum absolute atomic E-state index is 0.131. The molecule has 2 atom stereocenters. The van der Waals surface area contributed by atoms with E-state index in [1.54, 1.807) is 0 Å². The molecule has 2 rings (SSSR count). The highest BCUT2D eigenvalue weighted by Gasteiger charge is 2.52. The first kappa shape index (κ1) is 10.8. The van der Waals surface area contributed by atoms with Crippen molar-refractivity contribution in [2.75, 3.05) is 0 Å². The molecule has 0 aromatic heterocycles. The first-order valence-electron chi connectivity index (χ1n) is 5.83. The summed E-state index contributed by atoms with van der Waals surface area (Å²) in [6.07, 6.45) is 2.32. The van der Waals surface area contributed by atoms with Gasteiger partial charge in [-0.05, 0) is 19.3 Å². The Balaban J connectivity index is 2.34. The Labute approximate surface area is 91.4 Å². The van der Waals surface area contributed by atoms with Gasteiger partial charge in [0.05, 0.1) is 0 Å². The van der Waals surface area contributed by atoms with Gasteiger partial charge in [0.2, 0.25) is 0 Å². The van der Waals surface area contributed by atoms with Gasteiger partial charge < -0.3 is 0 Å². The molecular weight excluding hydrogens is 188 g/mol. The van der Waals surface area contributed by atoms with Gasteiger partial charge in [0.1, 0.15) is 11.6 Å². The first-order chi connectivity index (χ1) is 6.74. The number of hydrogen-bond acceptors (Lipinski definition) is 2. The van der Waals surface area contributed by atoms with Crippen LogP contribution < -0.4 is 0 Å². The third kappa shape index (κ3) is 1.54. The number of carbonyl (C=O) groups excluding carboxylic acids is 2. The molecule has 2 saturated carbocycles. The molecule has 2 aliphatic rings. The second-order valence-corrected chi connectivity index (χ2v) is 6.53. The van der Waals surface area contributed by atoms with Crippen LogP contribution in [0.1, 0.15) is 47.0 Å². The minimum Gasteiger partial charge on any atom is -0.299 e. The summed E-state index contributed by atoms with van der Waals surface area (Å²) >= 11 is 0. The van der Waals surface area contributed by atoms with Crippen LogP contribution in [-0.4, -0.2) is 11.6 Å². The molecule has 0 heterocycles. The van der Waals surface area contributed by atoms with Crippen molar-refractivity contribution in [3.63, 3.8) is 0 Å². The lowest BCUT2D eigenvalue weighted by molar-refractivity contribution is -0.151. The predicted molar refractivity (Wildman–Crippen MR) is 58.4 cm³/mol.